The molecule has 0 aliphatic carbocycles. The molecule has 1 aliphatic heterocycles. The molecule has 86 valence electrons. The van der Waals surface area contributed by atoms with Crippen LogP contribution < -0.4 is 4.90 Å². The van der Waals surface area contributed by atoms with E-state index in [1.54, 1.807) is 0 Å². The molecule has 0 fully saturated rings. The van der Waals surface area contributed by atoms with Crippen molar-refractivity contribution in [2.75, 3.05) is 25.1 Å². The third kappa shape index (κ3) is 2.35. The average Bonchev–Trinajstić information content (AvgIpc) is 2.35. The second-order valence-corrected chi connectivity index (χ2v) is 4.05. The van der Waals surface area contributed by atoms with Crippen LogP contribution in [0.3, 0.4) is 0 Å². The van der Waals surface area contributed by atoms with Crippen molar-refractivity contribution in [2.45, 2.75) is 19.3 Å². The number of esters is 1. The van der Waals surface area contributed by atoms with E-state index < -0.39 is 0 Å². The molecule has 1 aliphatic rings. The number of hydrogen-bond acceptors (Lipinski definition) is 3. The molecular weight excluding hydrogens is 202 g/mol. The van der Waals surface area contributed by atoms with Crippen molar-refractivity contribution in [1.82, 2.24) is 0 Å². The summed E-state index contributed by atoms with van der Waals surface area (Å²) < 4.78 is 4.66. The SMILES string of the molecule is COC(=O)CCN1CCCc2ccccc21. The van der Waals surface area contributed by atoms with Crippen molar-refractivity contribution in [1.29, 1.82) is 0 Å². The molecule has 3 nitrogen and oxygen atoms in total. The molecule has 0 bridgehead atoms. The predicted octanol–water partition coefficient (Wildman–Crippen LogP) is 2.00. The summed E-state index contributed by atoms with van der Waals surface area (Å²) in [5.74, 6) is -0.136. The molecular formula is C13H17NO2. The molecule has 0 aromatic heterocycles. The van der Waals surface area contributed by atoms with Crippen LogP contribution in [-0.4, -0.2) is 26.2 Å². The number of ether oxygens (including phenoxy) is 1. The average molecular weight is 219 g/mol. The topological polar surface area (TPSA) is 29.5 Å². The molecule has 16 heavy (non-hydrogen) atoms. The highest BCUT2D eigenvalue weighted by Gasteiger charge is 2.16. The van der Waals surface area contributed by atoms with E-state index in [0.717, 1.165) is 25.9 Å². The third-order valence-electron chi connectivity index (χ3n) is 3.02. The first-order valence-corrected chi connectivity index (χ1v) is 5.71. The zero-order chi connectivity index (χ0) is 11.4. The Hall–Kier alpha value is -1.51. The monoisotopic (exact) mass is 219 g/mol. The summed E-state index contributed by atoms with van der Waals surface area (Å²) in [4.78, 5) is 13.4. The van der Waals surface area contributed by atoms with Crippen LogP contribution in [-0.2, 0) is 16.0 Å². The maximum absolute atomic E-state index is 11.1. The maximum Gasteiger partial charge on any atom is 0.307 e. The van der Waals surface area contributed by atoms with Gasteiger partial charge in [0.2, 0.25) is 0 Å². The Balaban J connectivity index is 2.04. The molecule has 1 aromatic rings. The number of carbonyl (C=O) groups is 1. The lowest BCUT2D eigenvalue weighted by atomic mass is 10.0. The number of para-hydroxylation sites is 1. The Morgan fingerprint density at radius 1 is 1.44 bits per heavy atom. The summed E-state index contributed by atoms with van der Waals surface area (Å²) in [5, 5.41) is 0. The third-order valence-corrected chi connectivity index (χ3v) is 3.02. The lowest BCUT2D eigenvalue weighted by Crippen LogP contribution is -2.31. The zero-order valence-corrected chi connectivity index (χ0v) is 9.61. The quantitative estimate of drug-likeness (QED) is 0.728. The van der Waals surface area contributed by atoms with Crippen LogP contribution in [0.5, 0.6) is 0 Å². The van der Waals surface area contributed by atoms with Gasteiger partial charge in [-0.2, -0.15) is 0 Å². The molecule has 0 N–H and O–H groups in total. The molecule has 2 rings (SSSR count). The first kappa shape index (κ1) is 11.0. The van der Waals surface area contributed by atoms with Gasteiger partial charge in [-0.25, -0.2) is 0 Å². The minimum atomic E-state index is -0.136. The summed E-state index contributed by atoms with van der Waals surface area (Å²) in [7, 11) is 1.44. The number of rotatable bonds is 3. The van der Waals surface area contributed by atoms with Gasteiger partial charge in [0.1, 0.15) is 0 Å². The normalized spacial score (nSPS) is 14.4. The van der Waals surface area contributed by atoms with Gasteiger partial charge in [-0.15, -0.1) is 0 Å². The van der Waals surface area contributed by atoms with E-state index in [1.165, 1.54) is 18.4 Å². The fourth-order valence-corrected chi connectivity index (χ4v) is 2.17. The van der Waals surface area contributed by atoms with Crippen LogP contribution >= 0.6 is 0 Å². The highest BCUT2D eigenvalue weighted by Crippen LogP contribution is 2.26. The minimum Gasteiger partial charge on any atom is -0.469 e. The first-order chi connectivity index (χ1) is 7.81. The van der Waals surface area contributed by atoms with Gasteiger partial charge in [-0.1, -0.05) is 18.2 Å². The van der Waals surface area contributed by atoms with Crippen molar-refractivity contribution in [3.8, 4) is 0 Å². The lowest BCUT2D eigenvalue weighted by molar-refractivity contribution is -0.140. The fraction of sp³-hybridized carbons (Fsp3) is 0.462. The molecule has 0 saturated heterocycles. The molecule has 0 unspecified atom stereocenters. The van der Waals surface area contributed by atoms with E-state index in [-0.39, 0.29) is 5.97 Å². The van der Waals surface area contributed by atoms with E-state index in [9.17, 15) is 4.79 Å². The molecule has 3 heteroatoms. The van der Waals surface area contributed by atoms with Gasteiger partial charge in [0, 0.05) is 18.8 Å². The number of carbonyl (C=O) groups excluding carboxylic acids is 1. The van der Waals surface area contributed by atoms with Gasteiger partial charge in [0.25, 0.3) is 0 Å². The number of methoxy groups -OCH3 is 1. The second-order valence-electron chi connectivity index (χ2n) is 4.05. The van der Waals surface area contributed by atoms with Crippen LogP contribution in [0.4, 0.5) is 5.69 Å². The number of fused-ring (bicyclic) bond motifs is 1. The Bertz CT molecular complexity index is 376. The van der Waals surface area contributed by atoms with Gasteiger partial charge in [-0.05, 0) is 24.5 Å². The number of aryl methyl sites for hydroxylation is 1. The number of hydrogen-bond donors (Lipinski definition) is 0. The first-order valence-electron chi connectivity index (χ1n) is 5.71. The van der Waals surface area contributed by atoms with Crippen LogP contribution in [0.15, 0.2) is 24.3 Å². The Labute approximate surface area is 96.0 Å². The molecule has 0 spiro atoms. The molecule has 0 radical (unpaired) electrons. The van der Waals surface area contributed by atoms with Gasteiger partial charge in [0.15, 0.2) is 0 Å². The summed E-state index contributed by atoms with van der Waals surface area (Å²) in [6.45, 7) is 1.79. The summed E-state index contributed by atoms with van der Waals surface area (Å²) in [5.41, 5.74) is 2.66. The number of nitrogens with zero attached hydrogens (tertiary/aromatic N) is 1. The number of anilines is 1. The van der Waals surface area contributed by atoms with Gasteiger partial charge >= 0.3 is 5.97 Å². The van der Waals surface area contributed by atoms with Gasteiger partial charge in [-0.3, -0.25) is 4.79 Å². The summed E-state index contributed by atoms with van der Waals surface area (Å²) in [6.07, 6.45) is 2.77. The molecule has 1 aromatic carbocycles. The van der Waals surface area contributed by atoms with Crippen molar-refractivity contribution < 1.29 is 9.53 Å². The zero-order valence-electron chi connectivity index (χ0n) is 9.61. The van der Waals surface area contributed by atoms with Gasteiger partial charge < -0.3 is 9.64 Å². The Morgan fingerprint density at radius 3 is 3.06 bits per heavy atom. The molecule has 0 amide bonds. The van der Waals surface area contributed by atoms with E-state index in [0.29, 0.717) is 6.42 Å². The minimum absolute atomic E-state index is 0.136. The predicted molar refractivity (Wildman–Crippen MR) is 63.6 cm³/mol. The molecule has 1 heterocycles. The van der Waals surface area contributed by atoms with Crippen molar-refractivity contribution >= 4 is 11.7 Å². The smallest absolute Gasteiger partial charge is 0.307 e. The highest BCUT2D eigenvalue weighted by atomic mass is 16.5. The molecule has 0 atom stereocenters. The van der Waals surface area contributed by atoms with Crippen LogP contribution in [0.1, 0.15) is 18.4 Å². The second kappa shape index (κ2) is 5.01. The summed E-state index contributed by atoms with van der Waals surface area (Å²) in [6, 6.07) is 8.42. The molecule has 0 saturated carbocycles. The highest BCUT2D eigenvalue weighted by molar-refractivity contribution is 5.70. The van der Waals surface area contributed by atoms with Crippen LogP contribution in [0, 0.1) is 0 Å². The largest absolute Gasteiger partial charge is 0.469 e. The fourth-order valence-electron chi connectivity index (χ4n) is 2.17. The van der Waals surface area contributed by atoms with Crippen molar-refractivity contribution in [3.63, 3.8) is 0 Å². The van der Waals surface area contributed by atoms with E-state index in [1.807, 2.05) is 0 Å². The number of benzene rings is 1. The van der Waals surface area contributed by atoms with Crippen molar-refractivity contribution in [2.24, 2.45) is 0 Å². The van der Waals surface area contributed by atoms with Crippen LogP contribution in [0.25, 0.3) is 0 Å². The Kier molecular flexibility index (Phi) is 3.44. The maximum atomic E-state index is 11.1. The van der Waals surface area contributed by atoms with Crippen LogP contribution in [0.2, 0.25) is 0 Å². The van der Waals surface area contributed by atoms with Gasteiger partial charge in [0.05, 0.1) is 13.5 Å². The summed E-state index contributed by atoms with van der Waals surface area (Å²) >= 11 is 0. The van der Waals surface area contributed by atoms with E-state index in [4.69, 9.17) is 0 Å². The van der Waals surface area contributed by atoms with Crippen molar-refractivity contribution in [3.05, 3.63) is 29.8 Å². The Morgan fingerprint density at radius 2 is 2.25 bits per heavy atom. The standard InChI is InChI=1S/C13H17NO2/c1-16-13(15)8-10-14-9-4-6-11-5-2-3-7-12(11)14/h2-3,5,7H,4,6,8-10H2,1H3. The van der Waals surface area contributed by atoms with E-state index in [2.05, 4.69) is 33.9 Å². The van der Waals surface area contributed by atoms with E-state index >= 15 is 0 Å². The lowest BCUT2D eigenvalue weighted by Gasteiger charge is -2.30.